The van der Waals surface area contributed by atoms with Crippen molar-refractivity contribution in [2.45, 2.75) is 39.2 Å². The number of hydrogen-bond acceptors (Lipinski definition) is 5. The van der Waals surface area contributed by atoms with Crippen molar-refractivity contribution in [2.75, 3.05) is 52.9 Å². The number of rotatable bonds is 6. The average Bonchev–Trinajstić information content (AvgIpc) is 2.66. The Morgan fingerprint density at radius 1 is 0.931 bits per heavy atom. The summed E-state index contributed by atoms with van der Waals surface area (Å²) in [6, 6.07) is -0.593. The number of nitrogens with one attached hydrogen (secondary N) is 1. The minimum absolute atomic E-state index is 0. The minimum Gasteiger partial charge on any atom is -0.346 e. The second-order valence-electron chi connectivity index (χ2n) is 8.20. The Balaban J connectivity index is 0.00000392. The highest BCUT2D eigenvalue weighted by Gasteiger charge is 2.27. The molecule has 0 aromatic rings. The molecule has 2 saturated heterocycles. The lowest BCUT2D eigenvalue weighted by atomic mass is 9.92. The predicted molar refractivity (Wildman–Crippen MR) is 118 cm³/mol. The second kappa shape index (κ2) is 13.3. The summed E-state index contributed by atoms with van der Waals surface area (Å²) in [5.74, 6) is 0.246. The molecule has 2 aliphatic heterocycles. The fourth-order valence-electron chi connectivity index (χ4n) is 3.51. The molecule has 1 atom stereocenters. The molecule has 2 fully saturated rings. The number of piperidine rings is 1. The van der Waals surface area contributed by atoms with E-state index < -0.39 is 6.04 Å². The van der Waals surface area contributed by atoms with Gasteiger partial charge in [-0.2, -0.15) is 0 Å². The van der Waals surface area contributed by atoms with Gasteiger partial charge < -0.3 is 25.8 Å². The van der Waals surface area contributed by atoms with E-state index in [2.05, 4.69) is 17.3 Å². The first kappa shape index (κ1) is 27.9. The average molecular weight is 454 g/mol. The molecule has 10 heteroatoms. The van der Waals surface area contributed by atoms with E-state index in [0.29, 0.717) is 25.4 Å². The fourth-order valence-corrected chi connectivity index (χ4v) is 3.51. The minimum atomic E-state index is -0.593. The van der Waals surface area contributed by atoms with Gasteiger partial charge in [-0.1, -0.05) is 13.8 Å². The highest BCUT2D eigenvalue weighted by Crippen LogP contribution is 2.21. The number of halogens is 2. The van der Waals surface area contributed by atoms with Crippen molar-refractivity contribution in [3.63, 3.8) is 0 Å². The third-order valence-corrected chi connectivity index (χ3v) is 5.72. The number of likely N-dealkylation sites (tertiary alicyclic amines) is 1. The number of likely N-dealkylation sites (N-methyl/N-ethyl adjacent to an activating group) is 1. The molecule has 170 valence electrons. The number of piperazine rings is 1. The number of nitrogens with zero attached hydrogens (tertiary/aromatic N) is 3. The Labute approximate surface area is 186 Å². The van der Waals surface area contributed by atoms with Crippen molar-refractivity contribution in [1.82, 2.24) is 20.0 Å². The van der Waals surface area contributed by atoms with E-state index in [4.69, 9.17) is 5.73 Å². The van der Waals surface area contributed by atoms with Gasteiger partial charge in [0.05, 0.1) is 12.6 Å². The molecule has 0 aromatic carbocycles. The zero-order valence-electron chi connectivity index (χ0n) is 17.8. The molecule has 0 aromatic heterocycles. The molecule has 0 saturated carbocycles. The van der Waals surface area contributed by atoms with Gasteiger partial charge in [-0.05, 0) is 31.7 Å². The topological polar surface area (TPSA) is 99.0 Å². The lowest BCUT2D eigenvalue weighted by molar-refractivity contribution is -0.136. The molecule has 0 spiro atoms. The van der Waals surface area contributed by atoms with Gasteiger partial charge in [0.1, 0.15) is 0 Å². The Hall–Kier alpha value is -1.09. The Bertz CT molecular complexity index is 534. The third kappa shape index (κ3) is 8.66. The van der Waals surface area contributed by atoms with Crippen molar-refractivity contribution in [1.29, 1.82) is 0 Å². The fraction of sp³-hybridized carbons (Fsp3) is 0.842. The van der Waals surface area contributed by atoms with Crippen LogP contribution >= 0.6 is 24.8 Å². The molecule has 2 rings (SSSR count). The molecule has 2 aliphatic rings. The van der Waals surface area contributed by atoms with Crippen LogP contribution in [0, 0.1) is 11.8 Å². The van der Waals surface area contributed by atoms with Crippen molar-refractivity contribution >= 4 is 42.5 Å². The summed E-state index contributed by atoms with van der Waals surface area (Å²) in [6.45, 7) is 8.52. The molecule has 29 heavy (non-hydrogen) atoms. The van der Waals surface area contributed by atoms with Crippen LogP contribution in [0.2, 0.25) is 0 Å². The molecule has 2 heterocycles. The summed E-state index contributed by atoms with van der Waals surface area (Å²) in [5.41, 5.74) is 5.78. The zero-order chi connectivity index (χ0) is 20.0. The first-order valence-electron chi connectivity index (χ1n) is 10.0. The normalized spacial score (nSPS) is 19.2. The Morgan fingerprint density at radius 2 is 1.45 bits per heavy atom. The smallest absolute Gasteiger partial charge is 0.241 e. The quantitative estimate of drug-likeness (QED) is 0.603. The third-order valence-electron chi connectivity index (χ3n) is 5.72. The van der Waals surface area contributed by atoms with Gasteiger partial charge >= 0.3 is 0 Å². The Morgan fingerprint density at radius 3 is 1.97 bits per heavy atom. The lowest BCUT2D eigenvalue weighted by Crippen LogP contribution is -2.49. The van der Waals surface area contributed by atoms with Crippen LogP contribution in [-0.2, 0) is 14.4 Å². The summed E-state index contributed by atoms with van der Waals surface area (Å²) in [7, 11) is 2.08. The monoisotopic (exact) mass is 453 g/mol. The van der Waals surface area contributed by atoms with E-state index in [0.717, 1.165) is 39.0 Å². The molecular weight excluding hydrogens is 417 g/mol. The number of amides is 3. The summed E-state index contributed by atoms with van der Waals surface area (Å²) < 4.78 is 0. The van der Waals surface area contributed by atoms with Crippen LogP contribution < -0.4 is 11.1 Å². The van der Waals surface area contributed by atoms with Crippen molar-refractivity contribution in [3.05, 3.63) is 0 Å². The van der Waals surface area contributed by atoms with Crippen molar-refractivity contribution in [2.24, 2.45) is 17.6 Å². The molecule has 8 nitrogen and oxygen atoms in total. The van der Waals surface area contributed by atoms with Gasteiger partial charge in [0.25, 0.3) is 0 Å². The molecular formula is C19H37Cl2N5O3. The maximum atomic E-state index is 12.5. The van der Waals surface area contributed by atoms with Gasteiger partial charge in [-0.25, -0.2) is 0 Å². The first-order chi connectivity index (χ1) is 12.8. The van der Waals surface area contributed by atoms with E-state index in [9.17, 15) is 14.4 Å². The van der Waals surface area contributed by atoms with E-state index in [1.165, 1.54) is 0 Å². The van der Waals surface area contributed by atoms with Crippen LogP contribution in [-0.4, -0.2) is 91.3 Å². The van der Waals surface area contributed by atoms with E-state index >= 15 is 0 Å². The van der Waals surface area contributed by atoms with Crippen LogP contribution in [0.15, 0.2) is 0 Å². The number of carbonyl (C=O) groups is 3. The summed E-state index contributed by atoms with van der Waals surface area (Å²) in [6.07, 6.45) is 2.25. The van der Waals surface area contributed by atoms with E-state index in [1.54, 1.807) is 4.90 Å². The summed E-state index contributed by atoms with van der Waals surface area (Å²) in [4.78, 5) is 42.6. The molecule has 3 amide bonds. The Kier molecular flexibility index (Phi) is 12.8. The van der Waals surface area contributed by atoms with Gasteiger partial charge in [0.15, 0.2) is 0 Å². The standard InChI is InChI=1S/C19H35N5O3.2ClH/c1-14(2)18(20)19(27)21-13-17(26)23-6-4-15(5-7-23)12-16(25)24-10-8-22(3)9-11-24;;/h14-15,18H,4-13,20H2,1-3H3,(H,21,27);2*1H/t18-;;/m0../s1. The molecule has 0 radical (unpaired) electrons. The largest absolute Gasteiger partial charge is 0.346 e. The van der Waals surface area contributed by atoms with Crippen molar-refractivity contribution < 1.29 is 14.4 Å². The molecule has 0 aliphatic carbocycles. The van der Waals surface area contributed by atoms with Crippen LogP contribution in [0.1, 0.15) is 33.1 Å². The number of nitrogens with two attached hydrogens (primary N) is 1. The number of hydrogen-bond donors (Lipinski definition) is 2. The maximum Gasteiger partial charge on any atom is 0.241 e. The maximum absolute atomic E-state index is 12.5. The second-order valence-corrected chi connectivity index (χ2v) is 8.20. The molecule has 0 unspecified atom stereocenters. The van der Waals surface area contributed by atoms with E-state index in [1.807, 2.05) is 18.7 Å². The van der Waals surface area contributed by atoms with E-state index in [-0.39, 0.29) is 55.0 Å². The SMILES string of the molecule is CC(C)[C@H](N)C(=O)NCC(=O)N1CCC(CC(=O)N2CCN(C)CC2)CC1.Cl.Cl. The van der Waals surface area contributed by atoms with Crippen LogP contribution in [0.25, 0.3) is 0 Å². The van der Waals surface area contributed by atoms with Crippen LogP contribution in [0.3, 0.4) is 0 Å². The van der Waals surface area contributed by atoms with Gasteiger partial charge in [-0.15, -0.1) is 24.8 Å². The first-order valence-corrected chi connectivity index (χ1v) is 10.0. The van der Waals surface area contributed by atoms with Crippen molar-refractivity contribution in [3.8, 4) is 0 Å². The molecule has 0 bridgehead atoms. The van der Waals surface area contributed by atoms with Gasteiger partial charge in [0.2, 0.25) is 17.7 Å². The van der Waals surface area contributed by atoms with Crippen LogP contribution in [0.4, 0.5) is 0 Å². The number of carbonyl (C=O) groups excluding carboxylic acids is 3. The summed E-state index contributed by atoms with van der Waals surface area (Å²) >= 11 is 0. The highest BCUT2D eigenvalue weighted by molar-refractivity contribution is 5.87. The predicted octanol–water partition coefficient (Wildman–Crippen LogP) is 0.332. The van der Waals surface area contributed by atoms with Gasteiger partial charge in [0, 0.05) is 45.7 Å². The van der Waals surface area contributed by atoms with Gasteiger partial charge in [-0.3, -0.25) is 14.4 Å². The summed E-state index contributed by atoms with van der Waals surface area (Å²) in [5, 5.41) is 2.63. The zero-order valence-corrected chi connectivity index (χ0v) is 19.4. The van der Waals surface area contributed by atoms with Crippen LogP contribution in [0.5, 0.6) is 0 Å². The highest BCUT2D eigenvalue weighted by atomic mass is 35.5. The molecule has 3 N–H and O–H groups in total. The lowest BCUT2D eigenvalue weighted by Gasteiger charge is -2.35.